The van der Waals surface area contributed by atoms with Gasteiger partial charge in [-0.05, 0) is 19.6 Å². The molecule has 0 radical (unpaired) electrons. The van der Waals surface area contributed by atoms with E-state index in [0.717, 1.165) is 12.2 Å². The Kier molecular flexibility index (Phi) is 6.80. The summed E-state index contributed by atoms with van der Waals surface area (Å²) in [7, 11) is 0. The second-order valence-electron chi connectivity index (χ2n) is 3.01. The maximum Gasteiger partial charge on any atom is 0.156 e. The smallest absolute Gasteiger partial charge is 0.156 e. The lowest BCUT2D eigenvalue weighted by Crippen LogP contribution is -2.46. The molecule has 0 aromatic carbocycles. The summed E-state index contributed by atoms with van der Waals surface area (Å²) in [6.07, 6.45) is 2.89. The molecule has 0 aromatic heterocycles. The Morgan fingerprint density at radius 3 is 2.69 bits per heavy atom. The van der Waals surface area contributed by atoms with Gasteiger partial charge in [-0.1, -0.05) is 12.1 Å². The minimum atomic E-state index is -0.0212. The molecule has 0 amide bonds. The topological polar surface area (TPSA) is 70.6 Å². The highest BCUT2D eigenvalue weighted by Crippen LogP contribution is 1.99. The van der Waals surface area contributed by atoms with Crippen LogP contribution in [0.5, 0.6) is 0 Å². The first-order valence-electron chi connectivity index (χ1n) is 4.38. The van der Waals surface area contributed by atoms with Gasteiger partial charge in [0.05, 0.1) is 6.04 Å². The van der Waals surface area contributed by atoms with Crippen molar-refractivity contribution in [2.75, 3.05) is 12.0 Å². The lowest BCUT2D eigenvalue weighted by molar-refractivity contribution is 0.313. The Balaban J connectivity index is 3.97. The fourth-order valence-electron chi connectivity index (χ4n) is 1.12. The molecule has 2 atom stereocenters. The van der Waals surface area contributed by atoms with Gasteiger partial charge in [0.25, 0.3) is 0 Å². The molecule has 0 aliphatic carbocycles. The first kappa shape index (κ1) is 12.6. The van der Waals surface area contributed by atoms with E-state index in [0.29, 0.717) is 6.04 Å². The van der Waals surface area contributed by atoms with E-state index in [2.05, 4.69) is 23.7 Å². The van der Waals surface area contributed by atoms with Crippen molar-refractivity contribution >= 4 is 17.6 Å². The summed E-state index contributed by atoms with van der Waals surface area (Å²) < 4.78 is 0. The monoisotopic (exact) mass is 205 g/mol. The van der Waals surface area contributed by atoms with Gasteiger partial charge in [-0.3, -0.25) is 0 Å². The van der Waals surface area contributed by atoms with Crippen LogP contribution in [0, 0.1) is 0 Å². The van der Waals surface area contributed by atoms with Crippen LogP contribution in [-0.2, 0) is 0 Å². The number of nitrogens with zero attached hydrogens (tertiary/aromatic N) is 1. The molecule has 4 N–H and O–H groups in total. The molecule has 0 aliphatic heterocycles. The lowest BCUT2D eigenvalue weighted by Gasteiger charge is -2.20. The third-order valence-electron chi connectivity index (χ3n) is 1.78. The summed E-state index contributed by atoms with van der Waals surface area (Å²) in [6.45, 7) is 4.09. The molecule has 0 heterocycles. The first-order chi connectivity index (χ1) is 6.15. The van der Waals surface area contributed by atoms with E-state index in [1.165, 1.54) is 0 Å². The van der Waals surface area contributed by atoms with Crippen molar-refractivity contribution < 1.29 is 5.21 Å². The molecule has 0 fully saturated rings. The van der Waals surface area contributed by atoms with Gasteiger partial charge >= 0.3 is 0 Å². The molecular weight excluding hydrogens is 186 g/mol. The standard InChI is InChI=1S/C8H19N3OS/c1-4-7(8(9)11-12)10-6(2)5-13-3/h6-7,10,12H,4-5H2,1-3H3,(H2,9,11). The molecule has 0 aromatic rings. The van der Waals surface area contributed by atoms with Crippen molar-refractivity contribution in [3.8, 4) is 0 Å². The average molecular weight is 205 g/mol. The second kappa shape index (κ2) is 7.03. The van der Waals surface area contributed by atoms with Gasteiger partial charge in [-0.15, -0.1) is 0 Å². The Hall–Kier alpha value is -0.420. The van der Waals surface area contributed by atoms with Gasteiger partial charge in [0.1, 0.15) is 0 Å². The van der Waals surface area contributed by atoms with Crippen LogP contribution in [0.4, 0.5) is 0 Å². The quantitative estimate of drug-likeness (QED) is 0.260. The van der Waals surface area contributed by atoms with Crippen LogP contribution in [-0.4, -0.2) is 35.1 Å². The summed E-state index contributed by atoms with van der Waals surface area (Å²) in [5, 5.41) is 14.8. The Morgan fingerprint density at radius 1 is 1.69 bits per heavy atom. The fourth-order valence-corrected chi connectivity index (χ4v) is 1.72. The van der Waals surface area contributed by atoms with Crippen molar-refractivity contribution in [2.24, 2.45) is 10.9 Å². The molecule has 0 rings (SSSR count). The van der Waals surface area contributed by atoms with Crippen molar-refractivity contribution in [3.63, 3.8) is 0 Å². The molecule has 5 heteroatoms. The van der Waals surface area contributed by atoms with Gasteiger partial charge in [-0.2, -0.15) is 11.8 Å². The maximum atomic E-state index is 8.50. The van der Waals surface area contributed by atoms with E-state index in [1.54, 1.807) is 11.8 Å². The van der Waals surface area contributed by atoms with Crippen molar-refractivity contribution in [2.45, 2.75) is 32.4 Å². The first-order valence-corrected chi connectivity index (χ1v) is 5.77. The number of nitrogens with two attached hydrogens (primary N) is 1. The molecule has 78 valence electrons. The molecule has 13 heavy (non-hydrogen) atoms. The largest absolute Gasteiger partial charge is 0.409 e. The van der Waals surface area contributed by atoms with Gasteiger partial charge in [0.2, 0.25) is 0 Å². The van der Waals surface area contributed by atoms with Gasteiger partial charge < -0.3 is 16.3 Å². The Labute approximate surface area is 84.0 Å². The zero-order valence-electron chi connectivity index (χ0n) is 8.45. The van der Waals surface area contributed by atoms with Crippen molar-refractivity contribution in [1.29, 1.82) is 0 Å². The third-order valence-corrected chi connectivity index (χ3v) is 2.62. The molecule has 0 saturated heterocycles. The van der Waals surface area contributed by atoms with Crippen molar-refractivity contribution in [3.05, 3.63) is 0 Å². The van der Waals surface area contributed by atoms with E-state index >= 15 is 0 Å². The van der Waals surface area contributed by atoms with Gasteiger partial charge in [0.15, 0.2) is 5.84 Å². The van der Waals surface area contributed by atoms with E-state index in [4.69, 9.17) is 10.9 Å². The predicted octanol–water partition coefficient (Wildman–Crippen LogP) is 0.853. The number of rotatable bonds is 6. The molecule has 2 unspecified atom stereocenters. The van der Waals surface area contributed by atoms with Gasteiger partial charge in [0, 0.05) is 11.8 Å². The highest BCUT2D eigenvalue weighted by atomic mass is 32.2. The van der Waals surface area contributed by atoms with Gasteiger partial charge in [-0.25, -0.2) is 0 Å². The normalized spacial score (nSPS) is 17.0. The lowest BCUT2D eigenvalue weighted by atomic mass is 10.2. The van der Waals surface area contributed by atoms with Crippen LogP contribution in [0.1, 0.15) is 20.3 Å². The number of thioether (sulfide) groups is 1. The van der Waals surface area contributed by atoms with Crippen molar-refractivity contribution in [1.82, 2.24) is 5.32 Å². The molecule has 0 spiro atoms. The Bertz CT molecular complexity index is 163. The number of hydrogen-bond donors (Lipinski definition) is 3. The zero-order chi connectivity index (χ0) is 10.3. The van der Waals surface area contributed by atoms with Crippen LogP contribution in [0.2, 0.25) is 0 Å². The number of nitrogens with one attached hydrogen (secondary N) is 1. The second-order valence-corrected chi connectivity index (χ2v) is 3.92. The Morgan fingerprint density at radius 2 is 2.31 bits per heavy atom. The summed E-state index contributed by atoms with van der Waals surface area (Å²) >= 11 is 1.78. The molecule has 0 aliphatic rings. The van der Waals surface area contributed by atoms with E-state index in [9.17, 15) is 0 Å². The SMILES string of the molecule is CCC(NC(C)CSC)C(N)=NO. The van der Waals surface area contributed by atoms with Crippen LogP contribution < -0.4 is 11.1 Å². The minimum Gasteiger partial charge on any atom is -0.409 e. The number of amidine groups is 1. The highest BCUT2D eigenvalue weighted by molar-refractivity contribution is 7.98. The summed E-state index contributed by atoms with van der Waals surface area (Å²) in [6, 6.07) is 0.354. The highest BCUT2D eigenvalue weighted by Gasteiger charge is 2.13. The summed E-state index contributed by atoms with van der Waals surface area (Å²) in [5.74, 6) is 1.28. The van der Waals surface area contributed by atoms with Crippen LogP contribution in [0.3, 0.4) is 0 Å². The number of oxime groups is 1. The minimum absolute atomic E-state index is 0.0212. The van der Waals surface area contributed by atoms with E-state index in [-0.39, 0.29) is 11.9 Å². The molecule has 0 bridgehead atoms. The predicted molar refractivity (Wildman–Crippen MR) is 58.5 cm³/mol. The average Bonchev–Trinajstić information content (AvgIpc) is 2.13. The molecule has 0 saturated carbocycles. The maximum absolute atomic E-state index is 8.50. The summed E-state index contributed by atoms with van der Waals surface area (Å²) in [4.78, 5) is 0. The van der Waals surface area contributed by atoms with Crippen LogP contribution in [0.15, 0.2) is 5.16 Å². The van der Waals surface area contributed by atoms with E-state index < -0.39 is 0 Å². The zero-order valence-corrected chi connectivity index (χ0v) is 9.27. The summed E-state index contributed by atoms with van der Waals surface area (Å²) in [5.41, 5.74) is 5.50. The molecule has 4 nitrogen and oxygen atoms in total. The van der Waals surface area contributed by atoms with E-state index in [1.807, 2.05) is 6.92 Å². The van der Waals surface area contributed by atoms with Crippen LogP contribution in [0.25, 0.3) is 0 Å². The van der Waals surface area contributed by atoms with Crippen LogP contribution >= 0.6 is 11.8 Å². The molecular formula is C8H19N3OS. The fraction of sp³-hybridized carbons (Fsp3) is 0.875. The third kappa shape index (κ3) is 5.00. The number of hydrogen-bond acceptors (Lipinski definition) is 4.